The van der Waals surface area contributed by atoms with Crippen LogP contribution in [0.2, 0.25) is 10.0 Å². The van der Waals surface area contributed by atoms with Gasteiger partial charge in [-0.2, -0.15) is 0 Å². The maximum absolute atomic E-state index is 14.0. The molecule has 2 amide bonds. The second kappa shape index (κ2) is 13.1. The summed E-state index contributed by atoms with van der Waals surface area (Å²) in [6, 6.07) is 28.5. The summed E-state index contributed by atoms with van der Waals surface area (Å²) in [7, 11) is 1.59. The van der Waals surface area contributed by atoms with Gasteiger partial charge in [0.05, 0.1) is 39.8 Å². The highest BCUT2D eigenvalue weighted by Crippen LogP contribution is 2.29. The van der Waals surface area contributed by atoms with Gasteiger partial charge in [-0.1, -0.05) is 72.6 Å². The molecule has 214 valence electrons. The predicted molar refractivity (Wildman–Crippen MR) is 169 cm³/mol. The molecule has 0 saturated heterocycles. The first-order chi connectivity index (χ1) is 20.4. The lowest BCUT2D eigenvalue weighted by Gasteiger charge is -2.32. The smallest absolute Gasteiger partial charge is 0.322 e. The average Bonchev–Trinajstić information content (AvgIpc) is 3.01. The first-order valence-electron chi connectivity index (χ1n) is 13.6. The Morgan fingerprint density at radius 2 is 1.67 bits per heavy atom. The van der Waals surface area contributed by atoms with Crippen LogP contribution in [0.15, 0.2) is 102 Å². The van der Waals surface area contributed by atoms with E-state index in [4.69, 9.17) is 32.9 Å². The molecule has 1 N–H and O–H groups in total. The van der Waals surface area contributed by atoms with Gasteiger partial charge in [0, 0.05) is 12.2 Å². The first kappa shape index (κ1) is 29.2. The van der Waals surface area contributed by atoms with Gasteiger partial charge in [0.1, 0.15) is 11.6 Å². The minimum absolute atomic E-state index is 0.216. The highest BCUT2D eigenvalue weighted by Gasteiger charge is 2.29. The molecule has 1 aromatic heterocycles. The van der Waals surface area contributed by atoms with Crippen molar-refractivity contribution in [2.24, 2.45) is 0 Å². The summed E-state index contributed by atoms with van der Waals surface area (Å²) in [5.41, 5.74) is 2.56. The zero-order chi connectivity index (χ0) is 29.6. The lowest BCUT2D eigenvalue weighted by atomic mass is 10.1. The third kappa shape index (κ3) is 6.27. The molecule has 0 bridgehead atoms. The van der Waals surface area contributed by atoms with Gasteiger partial charge in [0.2, 0.25) is 0 Å². The molecular weight excluding hydrogens is 571 g/mol. The van der Waals surface area contributed by atoms with Crippen LogP contribution in [-0.4, -0.2) is 34.1 Å². The Kier molecular flexibility index (Phi) is 9.10. The Labute approximate surface area is 254 Å². The van der Waals surface area contributed by atoms with E-state index in [9.17, 15) is 9.59 Å². The molecule has 1 atom stereocenters. The molecule has 5 aromatic rings. The van der Waals surface area contributed by atoms with Crippen molar-refractivity contribution in [1.29, 1.82) is 0 Å². The maximum Gasteiger partial charge on any atom is 0.322 e. The average molecular weight is 602 g/mol. The molecule has 1 heterocycles. The second-order valence-corrected chi connectivity index (χ2v) is 10.6. The summed E-state index contributed by atoms with van der Waals surface area (Å²) in [5.74, 6) is 1.13. The fourth-order valence-corrected chi connectivity index (χ4v) is 5.26. The molecule has 4 aromatic carbocycles. The van der Waals surface area contributed by atoms with E-state index in [1.54, 1.807) is 53.0 Å². The summed E-state index contributed by atoms with van der Waals surface area (Å²) in [6.07, 6.45) is 1.11. The topological polar surface area (TPSA) is 76.5 Å². The highest BCUT2D eigenvalue weighted by atomic mass is 35.5. The van der Waals surface area contributed by atoms with E-state index in [1.807, 2.05) is 67.6 Å². The van der Waals surface area contributed by atoms with Crippen molar-refractivity contribution < 1.29 is 9.53 Å². The van der Waals surface area contributed by atoms with Crippen molar-refractivity contribution in [3.05, 3.63) is 129 Å². The molecular formula is C33H30Cl2N4O3. The second-order valence-electron chi connectivity index (χ2n) is 9.74. The molecule has 0 radical (unpaired) electrons. The van der Waals surface area contributed by atoms with Crippen molar-refractivity contribution in [2.45, 2.75) is 25.8 Å². The van der Waals surface area contributed by atoms with Gasteiger partial charge in [-0.25, -0.2) is 9.78 Å². The van der Waals surface area contributed by atoms with Crippen molar-refractivity contribution >= 4 is 45.8 Å². The van der Waals surface area contributed by atoms with Gasteiger partial charge in [-0.15, -0.1) is 0 Å². The number of hydrogen-bond donors (Lipinski definition) is 1. The largest absolute Gasteiger partial charge is 0.497 e. The van der Waals surface area contributed by atoms with Gasteiger partial charge in [-0.3, -0.25) is 9.36 Å². The number of methoxy groups -OCH3 is 1. The highest BCUT2D eigenvalue weighted by molar-refractivity contribution is 6.42. The van der Waals surface area contributed by atoms with Gasteiger partial charge < -0.3 is 15.0 Å². The molecule has 5 rings (SSSR count). The SMILES string of the molecule is CCC(c1nc2ccccc2c(=O)n1-c1ccc(OC)cc1)N(CCc1ccccc1)C(=O)Nc1ccc(Cl)c(Cl)c1. The monoisotopic (exact) mass is 600 g/mol. The molecule has 0 aliphatic heterocycles. The normalized spacial score (nSPS) is 11.7. The lowest BCUT2D eigenvalue weighted by molar-refractivity contribution is 0.182. The van der Waals surface area contributed by atoms with Crippen LogP contribution in [0.4, 0.5) is 10.5 Å². The van der Waals surface area contributed by atoms with E-state index in [-0.39, 0.29) is 11.6 Å². The summed E-state index contributed by atoms with van der Waals surface area (Å²) >= 11 is 12.3. The van der Waals surface area contributed by atoms with Crippen LogP contribution >= 0.6 is 23.2 Å². The number of fused-ring (bicyclic) bond motifs is 1. The molecule has 42 heavy (non-hydrogen) atoms. The lowest BCUT2D eigenvalue weighted by Crippen LogP contribution is -2.42. The Bertz CT molecular complexity index is 1760. The first-order valence-corrected chi connectivity index (χ1v) is 14.4. The van der Waals surface area contributed by atoms with Crippen molar-refractivity contribution in [3.63, 3.8) is 0 Å². The van der Waals surface area contributed by atoms with Crippen molar-refractivity contribution in [3.8, 4) is 11.4 Å². The summed E-state index contributed by atoms with van der Waals surface area (Å²) < 4.78 is 6.93. The number of benzene rings is 4. The van der Waals surface area contributed by atoms with E-state index >= 15 is 0 Å². The van der Waals surface area contributed by atoms with E-state index < -0.39 is 6.04 Å². The zero-order valence-electron chi connectivity index (χ0n) is 23.3. The van der Waals surface area contributed by atoms with Gasteiger partial charge in [-0.05, 0) is 73.0 Å². The van der Waals surface area contributed by atoms with Crippen LogP contribution < -0.4 is 15.6 Å². The van der Waals surface area contributed by atoms with Crippen LogP contribution in [-0.2, 0) is 6.42 Å². The number of nitrogens with one attached hydrogen (secondary N) is 1. The third-order valence-electron chi connectivity index (χ3n) is 7.11. The number of para-hydroxylation sites is 1. The number of hydrogen-bond acceptors (Lipinski definition) is 4. The quantitative estimate of drug-likeness (QED) is 0.186. The number of rotatable bonds is 9. The molecule has 1 unspecified atom stereocenters. The number of carbonyl (C=O) groups is 1. The molecule has 7 nitrogen and oxygen atoms in total. The standard InChI is InChI=1S/C33H30Cl2N4O3/c1-3-30(31-37-29-12-8-7-11-26(29)32(40)39(31)24-14-16-25(42-2)17-15-24)38(20-19-22-9-5-4-6-10-22)33(41)36-23-13-18-27(34)28(35)21-23/h4-18,21,30H,3,19-20H2,1-2H3,(H,36,41). The molecule has 0 spiro atoms. The molecule has 0 saturated carbocycles. The van der Waals surface area contributed by atoms with Crippen LogP contribution in [0.5, 0.6) is 5.75 Å². The van der Waals surface area contributed by atoms with Gasteiger partial charge in [0.25, 0.3) is 5.56 Å². The van der Waals surface area contributed by atoms with E-state index in [0.29, 0.717) is 63.3 Å². The molecule has 9 heteroatoms. The molecule has 0 aliphatic carbocycles. The number of nitrogens with zero attached hydrogens (tertiary/aromatic N) is 3. The summed E-state index contributed by atoms with van der Waals surface area (Å²) in [6.45, 7) is 2.35. The minimum atomic E-state index is -0.545. The number of amides is 2. The summed E-state index contributed by atoms with van der Waals surface area (Å²) in [5, 5.41) is 4.19. The fraction of sp³-hybridized carbons (Fsp3) is 0.182. The van der Waals surface area contributed by atoms with Crippen LogP contribution in [0.3, 0.4) is 0 Å². The summed E-state index contributed by atoms with van der Waals surface area (Å²) in [4.78, 5) is 34.7. The number of urea groups is 1. The van der Waals surface area contributed by atoms with Crippen LogP contribution in [0.25, 0.3) is 16.6 Å². The Morgan fingerprint density at radius 3 is 2.36 bits per heavy atom. The third-order valence-corrected chi connectivity index (χ3v) is 7.85. The number of carbonyl (C=O) groups excluding carboxylic acids is 1. The Hall–Kier alpha value is -4.33. The van der Waals surface area contributed by atoms with E-state index in [0.717, 1.165) is 5.56 Å². The predicted octanol–water partition coefficient (Wildman–Crippen LogP) is 7.93. The van der Waals surface area contributed by atoms with Crippen LogP contribution in [0.1, 0.15) is 30.8 Å². The van der Waals surface area contributed by atoms with E-state index in [2.05, 4.69) is 5.32 Å². The number of halogens is 2. The Morgan fingerprint density at radius 1 is 0.952 bits per heavy atom. The Balaban J connectivity index is 1.63. The van der Waals surface area contributed by atoms with Crippen LogP contribution in [0, 0.1) is 0 Å². The maximum atomic E-state index is 14.0. The molecule has 0 fully saturated rings. The van der Waals surface area contributed by atoms with Crippen molar-refractivity contribution in [1.82, 2.24) is 14.5 Å². The number of anilines is 1. The number of ether oxygens (including phenoxy) is 1. The fourth-order valence-electron chi connectivity index (χ4n) is 4.96. The zero-order valence-corrected chi connectivity index (χ0v) is 24.8. The minimum Gasteiger partial charge on any atom is -0.497 e. The van der Waals surface area contributed by atoms with Gasteiger partial charge >= 0.3 is 6.03 Å². The number of aromatic nitrogens is 2. The van der Waals surface area contributed by atoms with E-state index in [1.165, 1.54) is 0 Å². The van der Waals surface area contributed by atoms with Crippen molar-refractivity contribution in [2.75, 3.05) is 19.0 Å². The molecule has 0 aliphatic rings. The van der Waals surface area contributed by atoms with Gasteiger partial charge in [0.15, 0.2) is 0 Å².